The molecule has 0 saturated carbocycles. The van der Waals surface area contributed by atoms with Crippen molar-refractivity contribution in [2.75, 3.05) is 38.0 Å². The van der Waals surface area contributed by atoms with Crippen LogP contribution in [0.3, 0.4) is 0 Å². The van der Waals surface area contributed by atoms with Crippen LogP contribution in [0.1, 0.15) is 10.4 Å². The quantitative estimate of drug-likeness (QED) is 0.555. The molecule has 12 nitrogen and oxygen atoms in total. The van der Waals surface area contributed by atoms with Crippen molar-refractivity contribution in [3.63, 3.8) is 0 Å². The first-order valence-corrected chi connectivity index (χ1v) is 9.95. The summed E-state index contributed by atoms with van der Waals surface area (Å²) in [5.41, 5.74) is -0.326. The molecule has 2 amide bonds. The summed E-state index contributed by atoms with van der Waals surface area (Å²) in [6.07, 6.45) is -4.67. The molecule has 0 aliphatic heterocycles. The molecule has 174 valence electrons. The molecule has 0 spiro atoms. The summed E-state index contributed by atoms with van der Waals surface area (Å²) in [6, 6.07) is 2.84. The molecule has 0 atom stereocenters. The Bertz CT molecular complexity index is 1110. The summed E-state index contributed by atoms with van der Waals surface area (Å²) in [4.78, 5) is 35.7. The van der Waals surface area contributed by atoms with Gasteiger partial charge in [-0.05, 0) is 12.1 Å². The number of hydrogen-bond acceptors (Lipinski definition) is 10. The van der Waals surface area contributed by atoms with Gasteiger partial charge in [0.2, 0.25) is 11.9 Å². The number of carbonyl (C=O) groups is 2. The van der Waals surface area contributed by atoms with Crippen molar-refractivity contribution in [2.24, 2.45) is 0 Å². The van der Waals surface area contributed by atoms with Crippen molar-refractivity contribution in [1.29, 1.82) is 0 Å². The Morgan fingerprint density at radius 1 is 1.12 bits per heavy atom. The van der Waals surface area contributed by atoms with Gasteiger partial charge in [0.1, 0.15) is 4.90 Å². The summed E-state index contributed by atoms with van der Waals surface area (Å²) in [7, 11) is -0.588. The van der Waals surface area contributed by atoms with Crippen molar-refractivity contribution in [2.45, 2.75) is 11.1 Å². The molecule has 1 aromatic heterocycles. The monoisotopic (exact) mass is 478 g/mol. The number of urea groups is 1. The SMILES string of the molecule is COC(=O)c1ccccc1S(=O)(=O)NC(=O)Nc1nc(OCC(F)(F)F)nc(N(C)C)n1. The zero-order chi connectivity index (χ0) is 24.1. The minimum atomic E-state index is -4.67. The first-order valence-electron chi connectivity index (χ1n) is 8.46. The number of nitrogens with one attached hydrogen (secondary N) is 2. The highest BCUT2D eigenvalue weighted by molar-refractivity contribution is 7.90. The van der Waals surface area contributed by atoms with Crippen molar-refractivity contribution >= 4 is 33.9 Å². The van der Waals surface area contributed by atoms with E-state index in [0.29, 0.717) is 0 Å². The summed E-state index contributed by atoms with van der Waals surface area (Å²) in [5, 5.41) is 1.97. The van der Waals surface area contributed by atoms with Crippen molar-refractivity contribution in [1.82, 2.24) is 19.7 Å². The van der Waals surface area contributed by atoms with Gasteiger partial charge in [-0.25, -0.2) is 22.7 Å². The smallest absolute Gasteiger partial charge is 0.422 e. The van der Waals surface area contributed by atoms with Gasteiger partial charge in [0.15, 0.2) is 6.61 Å². The van der Waals surface area contributed by atoms with Gasteiger partial charge in [0, 0.05) is 14.1 Å². The normalized spacial score (nSPS) is 11.4. The Balaban J connectivity index is 2.25. The number of hydrogen-bond donors (Lipinski definition) is 2. The van der Waals surface area contributed by atoms with E-state index in [4.69, 9.17) is 0 Å². The van der Waals surface area contributed by atoms with Crippen molar-refractivity contribution < 1.29 is 40.7 Å². The maximum absolute atomic E-state index is 12.5. The Morgan fingerprint density at radius 3 is 2.38 bits per heavy atom. The van der Waals surface area contributed by atoms with Gasteiger partial charge in [-0.2, -0.15) is 28.1 Å². The third kappa shape index (κ3) is 6.66. The number of esters is 1. The average Bonchev–Trinajstić information content (AvgIpc) is 2.70. The molecule has 0 unspecified atom stereocenters. The first kappa shape index (κ1) is 24.6. The topological polar surface area (TPSA) is 153 Å². The number of halogens is 3. The molecule has 0 saturated heterocycles. The third-order valence-corrected chi connectivity index (χ3v) is 4.79. The van der Waals surface area contributed by atoms with Crippen LogP contribution in [0, 0.1) is 0 Å². The van der Waals surface area contributed by atoms with Crippen LogP contribution in [-0.2, 0) is 14.8 Å². The number of amides is 2. The summed E-state index contributed by atoms with van der Waals surface area (Å²) >= 11 is 0. The number of ether oxygens (including phenoxy) is 2. The van der Waals surface area contributed by atoms with Crippen LogP contribution in [-0.4, -0.2) is 69.4 Å². The molecule has 0 bridgehead atoms. The van der Waals surface area contributed by atoms with Crippen LogP contribution in [0.25, 0.3) is 0 Å². The standard InChI is InChI=1S/C16H17F3N6O6S/c1-25(2)13-20-12(22-15(23-13)31-8-16(17,18)19)21-14(27)24-32(28,29)10-7-5-4-6-9(10)11(26)30-3/h4-7H,8H2,1-3H3,(H2,20,21,22,23,24,27). The van der Waals surface area contributed by atoms with Crippen LogP contribution in [0.5, 0.6) is 6.01 Å². The van der Waals surface area contributed by atoms with E-state index in [9.17, 15) is 31.2 Å². The number of aromatic nitrogens is 3. The number of nitrogens with zero attached hydrogens (tertiary/aromatic N) is 4. The molecule has 0 radical (unpaired) electrons. The van der Waals surface area contributed by atoms with Gasteiger partial charge in [-0.3, -0.25) is 5.32 Å². The molecule has 0 aliphatic carbocycles. The Labute approximate surface area is 179 Å². The first-order chi connectivity index (χ1) is 14.8. The fourth-order valence-corrected chi connectivity index (χ4v) is 3.20. The highest BCUT2D eigenvalue weighted by atomic mass is 32.2. The van der Waals surface area contributed by atoms with Gasteiger partial charge in [-0.15, -0.1) is 0 Å². The molecule has 16 heteroatoms. The molecule has 2 aromatic rings. The minimum Gasteiger partial charge on any atom is -0.465 e. The molecular formula is C16H17F3N6O6S. The predicted molar refractivity (Wildman–Crippen MR) is 103 cm³/mol. The number of methoxy groups -OCH3 is 1. The zero-order valence-electron chi connectivity index (χ0n) is 16.8. The van der Waals surface area contributed by atoms with E-state index in [1.54, 1.807) is 4.72 Å². The second-order valence-corrected chi connectivity index (χ2v) is 7.74. The number of alkyl halides is 3. The largest absolute Gasteiger partial charge is 0.465 e. The average molecular weight is 478 g/mol. The lowest BCUT2D eigenvalue weighted by Crippen LogP contribution is -2.36. The molecule has 1 heterocycles. The van der Waals surface area contributed by atoms with E-state index in [-0.39, 0.29) is 11.5 Å². The molecule has 0 fully saturated rings. The second-order valence-electron chi connectivity index (χ2n) is 6.09. The minimum absolute atomic E-state index is 0.175. The van der Waals surface area contributed by atoms with Crippen LogP contribution < -0.4 is 19.7 Å². The highest BCUT2D eigenvalue weighted by Gasteiger charge is 2.29. The van der Waals surface area contributed by atoms with E-state index < -0.39 is 51.7 Å². The van der Waals surface area contributed by atoms with E-state index in [2.05, 4.69) is 24.4 Å². The summed E-state index contributed by atoms with van der Waals surface area (Å²) in [5.74, 6) is -1.72. The Morgan fingerprint density at radius 2 is 1.78 bits per heavy atom. The maximum Gasteiger partial charge on any atom is 0.422 e. The lowest BCUT2D eigenvalue weighted by molar-refractivity contribution is -0.154. The predicted octanol–water partition coefficient (Wildman–Crippen LogP) is 1.18. The van der Waals surface area contributed by atoms with E-state index in [1.807, 2.05) is 5.32 Å². The second kappa shape index (κ2) is 9.63. The fraction of sp³-hybridized carbons (Fsp3) is 0.312. The zero-order valence-corrected chi connectivity index (χ0v) is 17.6. The maximum atomic E-state index is 12.5. The number of carbonyl (C=O) groups excluding carboxylic acids is 2. The van der Waals surface area contributed by atoms with Crippen LogP contribution in [0.4, 0.5) is 29.9 Å². The molecular weight excluding hydrogens is 461 g/mol. The van der Waals surface area contributed by atoms with Gasteiger partial charge in [0.25, 0.3) is 10.0 Å². The molecule has 1 aromatic carbocycles. The van der Waals surface area contributed by atoms with Gasteiger partial charge >= 0.3 is 24.2 Å². The van der Waals surface area contributed by atoms with Gasteiger partial charge in [-0.1, -0.05) is 12.1 Å². The van der Waals surface area contributed by atoms with Crippen LogP contribution in [0.2, 0.25) is 0 Å². The number of benzene rings is 1. The lowest BCUT2D eigenvalue weighted by Gasteiger charge is -2.14. The van der Waals surface area contributed by atoms with Crippen molar-refractivity contribution in [3.05, 3.63) is 29.8 Å². The van der Waals surface area contributed by atoms with E-state index in [1.165, 1.54) is 37.2 Å². The summed E-state index contributed by atoms with van der Waals surface area (Å²) in [6.45, 7) is -1.70. The molecule has 0 aliphatic rings. The number of rotatable bonds is 7. The number of anilines is 2. The van der Waals surface area contributed by atoms with Crippen LogP contribution in [0.15, 0.2) is 29.2 Å². The third-order valence-electron chi connectivity index (χ3n) is 3.40. The Hall–Kier alpha value is -3.69. The fourth-order valence-electron chi connectivity index (χ4n) is 2.10. The molecule has 32 heavy (non-hydrogen) atoms. The van der Waals surface area contributed by atoms with E-state index in [0.717, 1.165) is 13.2 Å². The number of sulfonamides is 1. The molecule has 2 rings (SSSR count). The van der Waals surface area contributed by atoms with E-state index >= 15 is 0 Å². The Kier molecular flexibility index (Phi) is 7.40. The summed E-state index contributed by atoms with van der Waals surface area (Å²) < 4.78 is 72.8. The molecule has 2 N–H and O–H groups in total. The van der Waals surface area contributed by atoms with Crippen LogP contribution >= 0.6 is 0 Å². The van der Waals surface area contributed by atoms with Gasteiger partial charge < -0.3 is 14.4 Å². The lowest BCUT2D eigenvalue weighted by atomic mass is 10.2. The van der Waals surface area contributed by atoms with Crippen molar-refractivity contribution in [3.8, 4) is 6.01 Å². The highest BCUT2D eigenvalue weighted by Crippen LogP contribution is 2.19. The van der Waals surface area contributed by atoms with Gasteiger partial charge in [0.05, 0.1) is 12.7 Å².